The maximum Gasteiger partial charge on any atom is 0.248 e. The summed E-state index contributed by atoms with van der Waals surface area (Å²) in [5.74, 6) is -1.18. The van der Waals surface area contributed by atoms with Crippen LogP contribution >= 0.6 is 0 Å². The van der Waals surface area contributed by atoms with E-state index < -0.39 is 29.5 Å². The second-order valence-corrected chi connectivity index (χ2v) is 11.7. The molecule has 5 rings (SSSR count). The molecular weight excluding hydrogens is 616 g/mol. The first-order valence-electron chi connectivity index (χ1n) is 16.0. The Kier molecular flexibility index (Phi) is 13.2. The predicted octanol–water partition coefficient (Wildman–Crippen LogP) is 5.64. The van der Waals surface area contributed by atoms with Gasteiger partial charge in [-0.15, -0.1) is 0 Å². The summed E-state index contributed by atoms with van der Waals surface area (Å²) >= 11 is 0. The van der Waals surface area contributed by atoms with Gasteiger partial charge in [0.15, 0.2) is 12.1 Å². The maximum atomic E-state index is 13.2. The number of anilines is 2. The van der Waals surface area contributed by atoms with Gasteiger partial charge in [-0.3, -0.25) is 19.3 Å². The van der Waals surface area contributed by atoms with Gasteiger partial charge in [0, 0.05) is 18.3 Å². The van der Waals surface area contributed by atoms with Gasteiger partial charge >= 0.3 is 0 Å². The van der Waals surface area contributed by atoms with Gasteiger partial charge in [0.1, 0.15) is 29.2 Å². The fourth-order valence-electron chi connectivity index (χ4n) is 5.60. The minimum atomic E-state index is -0.853. The molecular formula is C36H41F2N7O3. The van der Waals surface area contributed by atoms with Gasteiger partial charge in [0.2, 0.25) is 11.8 Å². The lowest BCUT2D eigenvalue weighted by atomic mass is 9.88. The third-order valence-corrected chi connectivity index (χ3v) is 8.20. The number of pyridine rings is 1. The van der Waals surface area contributed by atoms with Crippen LogP contribution < -0.4 is 16.4 Å². The van der Waals surface area contributed by atoms with E-state index in [0.29, 0.717) is 43.0 Å². The lowest BCUT2D eigenvalue weighted by Crippen LogP contribution is -2.44. The molecule has 4 aromatic rings. The summed E-state index contributed by atoms with van der Waals surface area (Å²) < 4.78 is 26.4. The fraction of sp³-hybridized carbons (Fsp3) is 0.333. The van der Waals surface area contributed by atoms with E-state index in [-0.39, 0.29) is 23.5 Å². The van der Waals surface area contributed by atoms with Crippen molar-refractivity contribution in [2.24, 2.45) is 0 Å². The first-order chi connectivity index (χ1) is 23.1. The molecule has 12 heteroatoms. The minimum Gasteiger partial charge on any atom is -0.384 e. The number of aromatic nitrogens is 3. The Morgan fingerprint density at radius 1 is 0.979 bits per heavy atom. The zero-order valence-electron chi connectivity index (χ0n) is 27.1. The lowest BCUT2D eigenvalue weighted by Gasteiger charge is -2.36. The number of piperidine rings is 1. The number of amides is 2. The van der Waals surface area contributed by atoms with Crippen LogP contribution in [0.4, 0.5) is 20.4 Å². The van der Waals surface area contributed by atoms with Gasteiger partial charge in [-0.2, -0.15) is 0 Å². The molecule has 4 N–H and O–H groups in total. The molecule has 2 aromatic heterocycles. The van der Waals surface area contributed by atoms with Gasteiger partial charge < -0.3 is 16.4 Å². The normalized spacial score (nSPS) is 14.6. The summed E-state index contributed by atoms with van der Waals surface area (Å²) in [6, 6.07) is 17.3. The van der Waals surface area contributed by atoms with E-state index >= 15 is 0 Å². The number of aldehydes is 1. The molecule has 0 radical (unpaired) electrons. The third-order valence-electron chi connectivity index (χ3n) is 8.20. The van der Waals surface area contributed by atoms with Crippen molar-refractivity contribution in [3.05, 3.63) is 113 Å². The molecule has 0 saturated carbocycles. The Morgan fingerprint density at radius 2 is 1.69 bits per heavy atom. The Morgan fingerprint density at radius 3 is 2.27 bits per heavy atom. The van der Waals surface area contributed by atoms with E-state index in [4.69, 9.17) is 5.73 Å². The zero-order valence-corrected chi connectivity index (χ0v) is 27.1. The highest BCUT2D eigenvalue weighted by atomic mass is 19.1. The van der Waals surface area contributed by atoms with E-state index in [1.807, 2.05) is 19.2 Å². The summed E-state index contributed by atoms with van der Waals surface area (Å²) in [7, 11) is 0. The molecule has 2 unspecified atom stereocenters. The summed E-state index contributed by atoms with van der Waals surface area (Å²) in [4.78, 5) is 49.5. The molecule has 2 aromatic carbocycles. The molecule has 1 aliphatic rings. The van der Waals surface area contributed by atoms with Crippen LogP contribution in [-0.2, 0) is 16.0 Å². The Labute approximate surface area is 279 Å². The van der Waals surface area contributed by atoms with Crippen molar-refractivity contribution in [3.63, 3.8) is 0 Å². The number of benzene rings is 2. The molecule has 0 aliphatic carbocycles. The molecule has 1 fully saturated rings. The van der Waals surface area contributed by atoms with Crippen LogP contribution in [0, 0.1) is 11.6 Å². The van der Waals surface area contributed by atoms with Gasteiger partial charge in [-0.1, -0.05) is 49.7 Å². The quantitative estimate of drug-likeness (QED) is 0.176. The average molecular weight is 658 g/mol. The number of nitrogens with two attached hydrogens (primary N) is 1. The van der Waals surface area contributed by atoms with Crippen LogP contribution in [0.3, 0.4) is 0 Å². The fourth-order valence-corrected chi connectivity index (χ4v) is 5.60. The summed E-state index contributed by atoms with van der Waals surface area (Å²) in [5, 5.41) is 5.05. The molecule has 0 bridgehead atoms. The van der Waals surface area contributed by atoms with Crippen molar-refractivity contribution in [3.8, 4) is 0 Å². The summed E-state index contributed by atoms with van der Waals surface area (Å²) in [6.45, 7) is 6.39. The van der Waals surface area contributed by atoms with Crippen LogP contribution in [0.15, 0.2) is 79.3 Å². The van der Waals surface area contributed by atoms with Crippen LogP contribution in [0.5, 0.6) is 0 Å². The average Bonchev–Trinajstić information content (AvgIpc) is 3.09. The van der Waals surface area contributed by atoms with Gasteiger partial charge in [-0.25, -0.2) is 23.7 Å². The Bertz CT molecular complexity index is 1610. The maximum absolute atomic E-state index is 13.2. The number of carbonyl (C=O) groups is 3. The Hall–Kier alpha value is -5.10. The zero-order chi connectivity index (χ0) is 34.5. The number of rotatable bonds is 11. The van der Waals surface area contributed by atoms with Crippen LogP contribution in [0.1, 0.15) is 78.7 Å². The molecule has 10 nitrogen and oxygen atoms in total. The number of likely N-dealkylation sites (tertiary alicyclic amines) is 1. The molecule has 3 heterocycles. The third kappa shape index (κ3) is 10.7. The van der Waals surface area contributed by atoms with E-state index in [0.717, 1.165) is 25.2 Å². The molecule has 48 heavy (non-hydrogen) atoms. The van der Waals surface area contributed by atoms with E-state index in [9.17, 15) is 23.2 Å². The van der Waals surface area contributed by atoms with E-state index in [2.05, 4.69) is 73.8 Å². The standard InChI is InChI=1S/C18H18F2N4O3.C18H23N3/c1-2-3-15(18(27)24-16-9-21-14(10-25)8-22-16)23-17(26)6-11-4-12(19)7-13(20)5-11;1-14(17-7-8-18(19)20-13-17)21-11-9-16(10-12-21)15-5-3-2-4-6-15/h4-5,7-10,15H,2-3,6H2,1H3,(H,23,26)(H,22,24,27);2-8,13-14,16H,9-12H2,1H3,(H2,19,20). The van der Waals surface area contributed by atoms with Gasteiger partial charge in [0.25, 0.3) is 0 Å². The predicted molar refractivity (Wildman–Crippen MR) is 180 cm³/mol. The summed E-state index contributed by atoms with van der Waals surface area (Å²) in [6.07, 6.45) is 8.02. The van der Waals surface area contributed by atoms with E-state index in [1.165, 1.54) is 36.4 Å². The van der Waals surface area contributed by atoms with Crippen molar-refractivity contribution >= 4 is 29.7 Å². The lowest BCUT2D eigenvalue weighted by molar-refractivity contribution is -0.126. The SMILES string of the molecule is CC(c1ccc(N)nc1)N1CCC(c2ccccc2)CC1.CCCC(NC(=O)Cc1cc(F)cc(F)c1)C(=O)Nc1cnc(C=O)cn1. The first kappa shape index (κ1) is 35.7. The number of hydrogen-bond donors (Lipinski definition) is 3. The van der Waals surface area contributed by atoms with Crippen molar-refractivity contribution in [2.45, 2.75) is 64.0 Å². The van der Waals surface area contributed by atoms with Crippen molar-refractivity contribution in [1.29, 1.82) is 0 Å². The smallest absolute Gasteiger partial charge is 0.248 e. The van der Waals surface area contributed by atoms with Gasteiger partial charge in [-0.05, 0) is 80.1 Å². The number of halogens is 2. The monoisotopic (exact) mass is 657 g/mol. The number of nitrogens with one attached hydrogen (secondary N) is 2. The van der Waals surface area contributed by atoms with E-state index in [1.54, 1.807) is 0 Å². The van der Waals surface area contributed by atoms with Crippen molar-refractivity contribution in [1.82, 2.24) is 25.2 Å². The van der Waals surface area contributed by atoms with Gasteiger partial charge in [0.05, 0.1) is 18.8 Å². The van der Waals surface area contributed by atoms with Crippen molar-refractivity contribution in [2.75, 3.05) is 24.1 Å². The highest BCUT2D eigenvalue weighted by Gasteiger charge is 2.24. The van der Waals surface area contributed by atoms with Crippen LogP contribution in [-0.4, -0.2) is 57.1 Å². The Balaban J connectivity index is 0.000000223. The first-order valence-corrected chi connectivity index (χ1v) is 16.0. The number of carbonyl (C=O) groups excluding carboxylic acids is 3. The number of nitrogen functional groups attached to an aromatic ring is 1. The highest BCUT2D eigenvalue weighted by Crippen LogP contribution is 2.32. The highest BCUT2D eigenvalue weighted by molar-refractivity contribution is 5.96. The second-order valence-electron chi connectivity index (χ2n) is 11.7. The van der Waals surface area contributed by atoms with Crippen LogP contribution in [0.25, 0.3) is 0 Å². The van der Waals surface area contributed by atoms with Crippen molar-refractivity contribution < 1.29 is 23.2 Å². The molecule has 0 spiro atoms. The molecule has 252 valence electrons. The molecule has 1 aliphatic heterocycles. The topological polar surface area (TPSA) is 143 Å². The van der Waals surface area contributed by atoms with Crippen LogP contribution in [0.2, 0.25) is 0 Å². The molecule has 2 atom stereocenters. The number of hydrogen-bond acceptors (Lipinski definition) is 8. The summed E-state index contributed by atoms with van der Waals surface area (Å²) in [5.41, 5.74) is 8.68. The molecule has 1 saturated heterocycles. The molecule has 2 amide bonds. The second kappa shape index (κ2) is 17.7. The minimum absolute atomic E-state index is 0.119. The number of nitrogens with zero attached hydrogens (tertiary/aromatic N) is 4. The largest absolute Gasteiger partial charge is 0.384 e.